The number of benzene rings is 1. The zero-order valence-electron chi connectivity index (χ0n) is 12.8. The molecule has 2 rings (SSSR count). The second-order valence-electron chi connectivity index (χ2n) is 5.66. The van der Waals surface area contributed by atoms with E-state index in [4.69, 9.17) is 15.2 Å². The Kier molecular flexibility index (Phi) is 5.26. The van der Waals surface area contributed by atoms with Crippen LogP contribution < -0.4 is 10.5 Å². The number of hydrogen-bond donors (Lipinski definition) is 1. The normalized spacial score (nSPS) is 16.4. The van der Waals surface area contributed by atoms with E-state index in [0.717, 1.165) is 37.1 Å². The quantitative estimate of drug-likeness (QED) is 0.742. The maximum atomic E-state index is 5.94. The van der Waals surface area contributed by atoms with Gasteiger partial charge < -0.3 is 15.2 Å². The fourth-order valence-corrected chi connectivity index (χ4v) is 2.64. The second-order valence-corrected chi connectivity index (χ2v) is 5.66. The largest absolute Gasteiger partial charge is 0.497 e. The molecular formula is C16H26N2O2. The number of nitrogens with zero attached hydrogens (tertiary/aromatic N) is 1. The van der Waals surface area contributed by atoms with Crippen LogP contribution in [-0.2, 0) is 11.3 Å². The number of rotatable bonds is 8. The molecule has 1 aromatic rings. The molecule has 0 radical (unpaired) electrons. The highest BCUT2D eigenvalue weighted by atomic mass is 16.5. The molecule has 1 fully saturated rings. The van der Waals surface area contributed by atoms with E-state index in [1.807, 2.05) is 12.1 Å². The molecule has 0 heterocycles. The van der Waals surface area contributed by atoms with Crippen LogP contribution in [0.3, 0.4) is 0 Å². The SMILES string of the molecule is COCCN(Cc1cc(N)cc(OC)c1)C(C)C1CC1. The molecule has 2 N–H and O–H groups in total. The minimum atomic E-state index is 0.595. The molecule has 0 aliphatic heterocycles. The van der Waals surface area contributed by atoms with E-state index in [2.05, 4.69) is 17.9 Å². The highest BCUT2D eigenvalue weighted by Gasteiger charge is 2.31. The van der Waals surface area contributed by atoms with Crippen LogP contribution in [-0.4, -0.2) is 38.3 Å². The lowest BCUT2D eigenvalue weighted by Crippen LogP contribution is -2.36. The van der Waals surface area contributed by atoms with Crippen molar-refractivity contribution in [1.29, 1.82) is 0 Å². The van der Waals surface area contributed by atoms with Crippen molar-refractivity contribution in [3.05, 3.63) is 23.8 Å². The summed E-state index contributed by atoms with van der Waals surface area (Å²) < 4.78 is 10.5. The summed E-state index contributed by atoms with van der Waals surface area (Å²) in [6, 6.07) is 6.54. The van der Waals surface area contributed by atoms with Crippen LogP contribution >= 0.6 is 0 Å². The molecule has 112 valence electrons. The van der Waals surface area contributed by atoms with Crippen molar-refractivity contribution in [2.75, 3.05) is 33.1 Å². The van der Waals surface area contributed by atoms with E-state index in [1.165, 1.54) is 18.4 Å². The summed E-state index contributed by atoms with van der Waals surface area (Å²) in [6.07, 6.45) is 2.70. The number of hydrogen-bond acceptors (Lipinski definition) is 4. The second kappa shape index (κ2) is 6.95. The Morgan fingerprint density at radius 3 is 2.65 bits per heavy atom. The zero-order valence-corrected chi connectivity index (χ0v) is 12.8. The van der Waals surface area contributed by atoms with Gasteiger partial charge in [-0.25, -0.2) is 0 Å². The van der Waals surface area contributed by atoms with E-state index in [1.54, 1.807) is 14.2 Å². The van der Waals surface area contributed by atoms with E-state index in [-0.39, 0.29) is 0 Å². The van der Waals surface area contributed by atoms with Crippen molar-refractivity contribution < 1.29 is 9.47 Å². The Bertz CT molecular complexity index is 432. The molecule has 0 aromatic heterocycles. The van der Waals surface area contributed by atoms with Crippen LogP contribution in [0.4, 0.5) is 5.69 Å². The highest BCUT2D eigenvalue weighted by Crippen LogP contribution is 2.35. The molecule has 1 unspecified atom stereocenters. The lowest BCUT2D eigenvalue weighted by atomic mass is 10.1. The molecule has 0 spiro atoms. The van der Waals surface area contributed by atoms with Gasteiger partial charge in [-0.2, -0.15) is 0 Å². The summed E-state index contributed by atoms with van der Waals surface area (Å²) in [4.78, 5) is 2.48. The molecular weight excluding hydrogens is 252 g/mol. The monoisotopic (exact) mass is 278 g/mol. The summed E-state index contributed by atoms with van der Waals surface area (Å²) in [6.45, 7) is 4.92. The first-order chi connectivity index (χ1) is 9.63. The Balaban J connectivity index is 2.07. The van der Waals surface area contributed by atoms with Gasteiger partial charge in [-0.15, -0.1) is 0 Å². The van der Waals surface area contributed by atoms with Gasteiger partial charge in [0.15, 0.2) is 0 Å². The Morgan fingerprint density at radius 1 is 1.30 bits per heavy atom. The molecule has 1 aliphatic rings. The van der Waals surface area contributed by atoms with Crippen molar-refractivity contribution in [3.63, 3.8) is 0 Å². The van der Waals surface area contributed by atoms with E-state index in [9.17, 15) is 0 Å². The van der Waals surface area contributed by atoms with Crippen LogP contribution in [0.5, 0.6) is 5.75 Å². The molecule has 1 atom stereocenters. The van der Waals surface area contributed by atoms with Crippen molar-refractivity contribution in [2.45, 2.75) is 32.4 Å². The molecule has 0 saturated heterocycles. The Morgan fingerprint density at radius 2 is 2.05 bits per heavy atom. The average molecular weight is 278 g/mol. The lowest BCUT2D eigenvalue weighted by Gasteiger charge is -2.29. The summed E-state index contributed by atoms with van der Waals surface area (Å²) in [5.41, 5.74) is 7.89. The third-order valence-electron chi connectivity index (χ3n) is 4.07. The number of nitrogen functional groups attached to an aromatic ring is 1. The smallest absolute Gasteiger partial charge is 0.121 e. The molecule has 0 bridgehead atoms. The van der Waals surface area contributed by atoms with Crippen molar-refractivity contribution in [2.24, 2.45) is 5.92 Å². The minimum Gasteiger partial charge on any atom is -0.497 e. The zero-order chi connectivity index (χ0) is 14.5. The number of methoxy groups -OCH3 is 2. The molecule has 0 amide bonds. The Labute approximate surface area is 121 Å². The minimum absolute atomic E-state index is 0.595. The summed E-state index contributed by atoms with van der Waals surface area (Å²) in [5, 5.41) is 0. The topological polar surface area (TPSA) is 47.7 Å². The van der Waals surface area contributed by atoms with Crippen LogP contribution in [0.15, 0.2) is 18.2 Å². The number of nitrogens with two attached hydrogens (primary N) is 1. The summed E-state index contributed by atoms with van der Waals surface area (Å²) >= 11 is 0. The van der Waals surface area contributed by atoms with Crippen LogP contribution in [0.25, 0.3) is 0 Å². The van der Waals surface area contributed by atoms with E-state index < -0.39 is 0 Å². The van der Waals surface area contributed by atoms with Crippen LogP contribution in [0.2, 0.25) is 0 Å². The maximum absolute atomic E-state index is 5.94. The van der Waals surface area contributed by atoms with E-state index >= 15 is 0 Å². The van der Waals surface area contributed by atoms with Gasteiger partial charge in [0.1, 0.15) is 5.75 Å². The van der Waals surface area contributed by atoms with Gasteiger partial charge in [-0.3, -0.25) is 4.90 Å². The molecule has 1 saturated carbocycles. The number of anilines is 1. The van der Waals surface area contributed by atoms with Gasteiger partial charge in [0, 0.05) is 38.0 Å². The van der Waals surface area contributed by atoms with Gasteiger partial charge in [-0.1, -0.05) is 0 Å². The fourth-order valence-electron chi connectivity index (χ4n) is 2.64. The summed E-state index contributed by atoms with van der Waals surface area (Å²) in [7, 11) is 3.43. The van der Waals surface area contributed by atoms with Gasteiger partial charge in [0.05, 0.1) is 13.7 Å². The first kappa shape index (κ1) is 15.1. The Hall–Kier alpha value is -1.26. The predicted molar refractivity (Wildman–Crippen MR) is 81.9 cm³/mol. The van der Waals surface area contributed by atoms with Crippen molar-refractivity contribution in [3.8, 4) is 5.75 Å². The molecule has 1 aliphatic carbocycles. The predicted octanol–water partition coefficient (Wildman–Crippen LogP) is 2.52. The van der Waals surface area contributed by atoms with Gasteiger partial charge in [0.2, 0.25) is 0 Å². The highest BCUT2D eigenvalue weighted by molar-refractivity contribution is 5.47. The van der Waals surface area contributed by atoms with E-state index in [0.29, 0.717) is 6.04 Å². The third kappa shape index (κ3) is 4.12. The van der Waals surface area contributed by atoms with Gasteiger partial charge in [0.25, 0.3) is 0 Å². The molecule has 20 heavy (non-hydrogen) atoms. The average Bonchev–Trinajstić information content (AvgIpc) is 3.26. The molecule has 4 nitrogen and oxygen atoms in total. The first-order valence-corrected chi connectivity index (χ1v) is 7.30. The summed E-state index contributed by atoms with van der Waals surface area (Å²) in [5.74, 6) is 1.67. The maximum Gasteiger partial charge on any atom is 0.121 e. The third-order valence-corrected chi connectivity index (χ3v) is 4.07. The fraction of sp³-hybridized carbons (Fsp3) is 0.625. The van der Waals surface area contributed by atoms with Gasteiger partial charge >= 0.3 is 0 Å². The van der Waals surface area contributed by atoms with Crippen molar-refractivity contribution >= 4 is 5.69 Å². The van der Waals surface area contributed by atoms with Gasteiger partial charge in [-0.05, 0) is 43.4 Å². The molecule has 1 aromatic carbocycles. The first-order valence-electron chi connectivity index (χ1n) is 7.30. The number of ether oxygens (including phenoxy) is 2. The standard InChI is InChI=1S/C16H26N2O2/c1-12(14-4-5-14)18(6-7-19-2)11-13-8-15(17)10-16(9-13)20-3/h8-10,12,14H,4-7,11,17H2,1-3H3. The lowest BCUT2D eigenvalue weighted by molar-refractivity contribution is 0.111. The van der Waals surface area contributed by atoms with Crippen LogP contribution in [0.1, 0.15) is 25.3 Å². The van der Waals surface area contributed by atoms with Crippen LogP contribution in [0, 0.1) is 5.92 Å². The van der Waals surface area contributed by atoms with Crippen molar-refractivity contribution in [1.82, 2.24) is 4.90 Å². The molecule has 4 heteroatoms.